The van der Waals surface area contributed by atoms with Crippen LogP contribution in [0.5, 0.6) is 5.75 Å². The zero-order valence-corrected chi connectivity index (χ0v) is 14.6. The highest BCUT2D eigenvalue weighted by Crippen LogP contribution is 2.16. The quantitative estimate of drug-likeness (QED) is 0.721. The lowest BCUT2D eigenvalue weighted by atomic mass is 10.1. The van der Waals surface area contributed by atoms with Crippen molar-refractivity contribution < 1.29 is 9.53 Å². The van der Waals surface area contributed by atoms with Crippen molar-refractivity contribution in [3.05, 3.63) is 65.2 Å². The van der Waals surface area contributed by atoms with Crippen LogP contribution in [-0.2, 0) is 4.79 Å². The zero-order chi connectivity index (χ0) is 16.5. The van der Waals surface area contributed by atoms with E-state index < -0.39 is 0 Å². The summed E-state index contributed by atoms with van der Waals surface area (Å²) in [5.74, 6) is 2.02. The Kier molecular flexibility index (Phi) is 7.30. The number of rotatable bonds is 8. The number of thioether (sulfide) groups is 1. The van der Waals surface area contributed by atoms with Crippen LogP contribution >= 0.6 is 23.4 Å². The van der Waals surface area contributed by atoms with Crippen LogP contribution in [0, 0.1) is 0 Å². The Balaban J connectivity index is 1.60. The van der Waals surface area contributed by atoms with E-state index in [4.69, 9.17) is 16.3 Å². The normalized spacial score (nSPS) is 11.7. The van der Waals surface area contributed by atoms with E-state index in [0.717, 1.165) is 17.1 Å². The minimum atomic E-state index is 0.0228. The van der Waals surface area contributed by atoms with E-state index in [1.807, 2.05) is 49.4 Å². The van der Waals surface area contributed by atoms with Crippen molar-refractivity contribution in [2.75, 3.05) is 18.1 Å². The van der Waals surface area contributed by atoms with E-state index in [0.29, 0.717) is 17.4 Å². The Morgan fingerprint density at radius 3 is 2.57 bits per heavy atom. The predicted molar refractivity (Wildman–Crippen MR) is 97.3 cm³/mol. The van der Waals surface area contributed by atoms with Gasteiger partial charge >= 0.3 is 0 Å². The van der Waals surface area contributed by atoms with E-state index >= 15 is 0 Å². The highest BCUT2D eigenvalue weighted by Gasteiger charge is 2.08. The van der Waals surface area contributed by atoms with E-state index in [-0.39, 0.29) is 11.9 Å². The van der Waals surface area contributed by atoms with Crippen LogP contribution in [0.3, 0.4) is 0 Å². The molecule has 1 N–H and O–H groups in total. The predicted octanol–water partition coefficient (Wildman–Crippen LogP) is 4.33. The van der Waals surface area contributed by atoms with E-state index in [1.165, 1.54) is 0 Å². The van der Waals surface area contributed by atoms with Crippen LogP contribution < -0.4 is 10.1 Å². The second-order valence-corrected chi connectivity index (χ2v) is 6.60. The Labute approximate surface area is 146 Å². The lowest BCUT2D eigenvalue weighted by molar-refractivity contribution is -0.119. The Morgan fingerprint density at radius 1 is 1.17 bits per heavy atom. The first-order valence-electron chi connectivity index (χ1n) is 7.45. The zero-order valence-electron chi connectivity index (χ0n) is 13.0. The number of hydrogen-bond donors (Lipinski definition) is 1. The monoisotopic (exact) mass is 349 g/mol. The van der Waals surface area contributed by atoms with E-state index in [9.17, 15) is 4.79 Å². The van der Waals surface area contributed by atoms with Crippen molar-refractivity contribution in [2.24, 2.45) is 0 Å². The standard InChI is InChI=1S/C18H20ClNO2S/c1-14(15-5-3-2-4-6-15)20-18(21)13-23-12-11-22-17-9-7-16(19)8-10-17/h2-10,14H,11-13H2,1H3,(H,20,21). The van der Waals surface area contributed by atoms with Gasteiger partial charge in [-0.2, -0.15) is 0 Å². The van der Waals surface area contributed by atoms with Gasteiger partial charge in [-0.15, -0.1) is 11.8 Å². The summed E-state index contributed by atoms with van der Waals surface area (Å²) in [7, 11) is 0. The van der Waals surface area contributed by atoms with Gasteiger partial charge in [0, 0.05) is 10.8 Å². The first kappa shape index (κ1) is 17.7. The Morgan fingerprint density at radius 2 is 1.87 bits per heavy atom. The van der Waals surface area contributed by atoms with Crippen LogP contribution in [0.4, 0.5) is 0 Å². The summed E-state index contributed by atoms with van der Waals surface area (Å²) >= 11 is 7.37. The van der Waals surface area contributed by atoms with Gasteiger partial charge in [-0.25, -0.2) is 0 Å². The maximum Gasteiger partial charge on any atom is 0.230 e. The van der Waals surface area contributed by atoms with Gasteiger partial charge < -0.3 is 10.1 Å². The summed E-state index contributed by atoms with van der Waals surface area (Å²) in [6.07, 6.45) is 0. The van der Waals surface area contributed by atoms with Crippen molar-refractivity contribution in [1.82, 2.24) is 5.32 Å². The van der Waals surface area contributed by atoms with Crippen molar-refractivity contribution in [3.8, 4) is 5.75 Å². The van der Waals surface area contributed by atoms with Crippen molar-refractivity contribution in [3.63, 3.8) is 0 Å². The molecule has 0 fully saturated rings. The summed E-state index contributed by atoms with van der Waals surface area (Å²) in [4.78, 5) is 11.9. The van der Waals surface area contributed by atoms with Gasteiger partial charge in [0.2, 0.25) is 5.91 Å². The molecule has 0 aliphatic carbocycles. The highest BCUT2D eigenvalue weighted by atomic mass is 35.5. The van der Waals surface area contributed by atoms with Crippen LogP contribution in [0.25, 0.3) is 0 Å². The minimum Gasteiger partial charge on any atom is -0.493 e. The summed E-state index contributed by atoms with van der Waals surface area (Å²) in [5.41, 5.74) is 1.11. The molecule has 0 spiro atoms. The smallest absolute Gasteiger partial charge is 0.230 e. The number of carbonyl (C=O) groups is 1. The molecule has 5 heteroatoms. The lowest BCUT2D eigenvalue weighted by Crippen LogP contribution is -2.28. The maximum absolute atomic E-state index is 11.9. The van der Waals surface area contributed by atoms with Crippen LogP contribution in [0.15, 0.2) is 54.6 Å². The van der Waals surface area contributed by atoms with Crippen molar-refractivity contribution in [1.29, 1.82) is 0 Å². The highest BCUT2D eigenvalue weighted by molar-refractivity contribution is 7.99. The van der Waals surface area contributed by atoms with E-state index in [1.54, 1.807) is 23.9 Å². The third-order valence-corrected chi connectivity index (χ3v) is 4.39. The third-order valence-electron chi connectivity index (χ3n) is 3.22. The van der Waals surface area contributed by atoms with E-state index in [2.05, 4.69) is 5.32 Å². The average Bonchev–Trinajstić information content (AvgIpc) is 2.57. The van der Waals surface area contributed by atoms with Crippen LogP contribution in [-0.4, -0.2) is 24.0 Å². The SMILES string of the molecule is CC(NC(=O)CSCCOc1ccc(Cl)cc1)c1ccccc1. The molecule has 1 amide bonds. The number of carbonyl (C=O) groups excluding carboxylic acids is 1. The molecular formula is C18H20ClNO2S. The van der Waals surface area contributed by atoms with Gasteiger partial charge in [0.05, 0.1) is 18.4 Å². The molecule has 0 radical (unpaired) electrons. The Hall–Kier alpha value is -1.65. The lowest BCUT2D eigenvalue weighted by Gasteiger charge is -2.14. The number of hydrogen-bond acceptors (Lipinski definition) is 3. The number of halogens is 1. The molecule has 2 rings (SSSR count). The molecule has 0 aromatic heterocycles. The average molecular weight is 350 g/mol. The maximum atomic E-state index is 11.9. The Bertz CT molecular complexity index is 604. The van der Waals surface area contributed by atoms with Gasteiger partial charge in [-0.3, -0.25) is 4.79 Å². The van der Waals surface area contributed by atoms with Crippen LogP contribution in [0.2, 0.25) is 5.02 Å². The molecule has 0 aliphatic heterocycles. The molecule has 0 saturated carbocycles. The molecule has 0 heterocycles. The molecule has 23 heavy (non-hydrogen) atoms. The topological polar surface area (TPSA) is 38.3 Å². The van der Waals surface area contributed by atoms with Crippen LogP contribution in [0.1, 0.15) is 18.5 Å². The molecular weight excluding hydrogens is 330 g/mol. The molecule has 0 saturated heterocycles. The van der Waals surface area contributed by atoms with Gasteiger partial charge in [0.15, 0.2) is 0 Å². The van der Waals surface area contributed by atoms with Crippen molar-refractivity contribution in [2.45, 2.75) is 13.0 Å². The fourth-order valence-electron chi connectivity index (χ4n) is 2.02. The first-order valence-corrected chi connectivity index (χ1v) is 8.99. The number of ether oxygens (including phenoxy) is 1. The number of nitrogens with one attached hydrogen (secondary N) is 1. The summed E-state index contributed by atoms with van der Waals surface area (Å²) in [6.45, 7) is 2.55. The number of amides is 1. The fraction of sp³-hybridized carbons (Fsp3) is 0.278. The molecule has 1 unspecified atom stereocenters. The molecule has 2 aromatic rings. The molecule has 3 nitrogen and oxygen atoms in total. The number of benzene rings is 2. The van der Waals surface area contributed by atoms with Gasteiger partial charge in [-0.1, -0.05) is 41.9 Å². The molecule has 122 valence electrons. The van der Waals surface area contributed by atoms with Crippen molar-refractivity contribution >= 4 is 29.3 Å². The van der Waals surface area contributed by atoms with Gasteiger partial charge in [-0.05, 0) is 36.8 Å². The molecule has 1 atom stereocenters. The minimum absolute atomic E-state index is 0.0228. The molecule has 0 aliphatic rings. The third kappa shape index (κ3) is 6.55. The molecule has 0 bridgehead atoms. The second-order valence-electron chi connectivity index (χ2n) is 5.05. The summed E-state index contributed by atoms with van der Waals surface area (Å²) < 4.78 is 5.58. The molecule has 2 aromatic carbocycles. The second kappa shape index (κ2) is 9.48. The van der Waals surface area contributed by atoms with Gasteiger partial charge in [0.25, 0.3) is 0 Å². The fourth-order valence-corrected chi connectivity index (χ4v) is 2.76. The summed E-state index contributed by atoms with van der Waals surface area (Å²) in [5, 5.41) is 3.69. The first-order chi connectivity index (χ1) is 11.1. The van der Waals surface area contributed by atoms with Gasteiger partial charge in [0.1, 0.15) is 5.75 Å². The summed E-state index contributed by atoms with van der Waals surface area (Å²) in [6, 6.07) is 17.2. The largest absolute Gasteiger partial charge is 0.493 e.